The summed E-state index contributed by atoms with van der Waals surface area (Å²) in [6.07, 6.45) is 3.78. The van der Waals surface area contributed by atoms with Crippen LogP contribution in [0, 0.1) is 13.0 Å². The molecular formula is C36H27FI2N2O4S2. The Hall–Kier alpha value is -3.27. The van der Waals surface area contributed by atoms with Gasteiger partial charge in [-0.05, 0) is 100 Å². The number of carbonyl (C=O) groups is 1. The van der Waals surface area contributed by atoms with Crippen molar-refractivity contribution in [1.29, 1.82) is 0 Å². The number of thioether (sulfide) groups is 1. The van der Waals surface area contributed by atoms with Gasteiger partial charge in [-0.1, -0.05) is 72.0 Å². The normalized spacial score (nSPS) is 14.5. The molecule has 1 aliphatic rings. The van der Waals surface area contributed by atoms with Crippen LogP contribution < -0.4 is 19.6 Å². The molecule has 0 unspecified atom stereocenters. The smallest absolute Gasteiger partial charge is 0.338 e. The van der Waals surface area contributed by atoms with Crippen LogP contribution in [-0.2, 0) is 16.1 Å². The molecule has 2 heterocycles. The summed E-state index contributed by atoms with van der Waals surface area (Å²) in [7, 11) is 0. The van der Waals surface area contributed by atoms with E-state index >= 15 is 0 Å². The molecule has 11 heteroatoms. The molecule has 1 aromatic heterocycles. The van der Waals surface area contributed by atoms with Gasteiger partial charge in [0.1, 0.15) is 18.2 Å². The molecule has 0 amide bonds. The zero-order valence-electron chi connectivity index (χ0n) is 25.2. The van der Waals surface area contributed by atoms with E-state index in [9.17, 15) is 14.0 Å². The first kappa shape index (κ1) is 33.6. The van der Waals surface area contributed by atoms with Gasteiger partial charge >= 0.3 is 5.97 Å². The third-order valence-electron chi connectivity index (χ3n) is 7.46. The second kappa shape index (κ2) is 14.9. The van der Waals surface area contributed by atoms with Gasteiger partial charge in [0.15, 0.2) is 4.80 Å². The van der Waals surface area contributed by atoms with Crippen LogP contribution in [0.15, 0.2) is 111 Å². The Kier molecular flexibility index (Phi) is 10.6. The molecule has 0 aliphatic carbocycles. The van der Waals surface area contributed by atoms with Crippen LogP contribution in [0.3, 0.4) is 0 Å². The monoisotopic (exact) mass is 888 g/mol. The molecule has 4 aromatic carbocycles. The Morgan fingerprint density at radius 1 is 1.04 bits per heavy atom. The number of halogens is 3. The van der Waals surface area contributed by atoms with E-state index in [-0.39, 0.29) is 24.6 Å². The van der Waals surface area contributed by atoms with Gasteiger partial charge in [0, 0.05) is 25.2 Å². The quantitative estimate of drug-likeness (QED) is 0.0868. The van der Waals surface area contributed by atoms with Crippen LogP contribution in [0.5, 0.6) is 5.75 Å². The number of carbonyl (C=O) groups excluding carboxylic acids is 1. The van der Waals surface area contributed by atoms with Crippen molar-refractivity contribution in [3.63, 3.8) is 0 Å². The molecule has 0 spiro atoms. The van der Waals surface area contributed by atoms with Crippen LogP contribution in [-0.4, -0.2) is 23.4 Å². The Balaban J connectivity index is 1.56. The maximum absolute atomic E-state index is 14.4. The topological polar surface area (TPSA) is 69.9 Å². The minimum atomic E-state index is -0.772. The van der Waals surface area contributed by atoms with Gasteiger partial charge < -0.3 is 9.47 Å². The average Bonchev–Trinajstić information content (AvgIpc) is 3.38. The van der Waals surface area contributed by atoms with Crippen molar-refractivity contribution in [2.24, 2.45) is 4.99 Å². The van der Waals surface area contributed by atoms with Crippen molar-refractivity contribution in [2.45, 2.75) is 24.5 Å². The number of hydrogen-bond donors (Lipinski definition) is 0. The van der Waals surface area contributed by atoms with E-state index in [1.807, 2.05) is 73.0 Å². The Morgan fingerprint density at radius 2 is 1.77 bits per heavy atom. The zero-order chi connectivity index (χ0) is 33.1. The van der Waals surface area contributed by atoms with E-state index in [0.717, 1.165) is 23.2 Å². The Morgan fingerprint density at radius 3 is 2.47 bits per heavy atom. The van der Waals surface area contributed by atoms with E-state index in [1.54, 1.807) is 47.5 Å². The van der Waals surface area contributed by atoms with Crippen LogP contribution in [0.2, 0.25) is 0 Å². The number of rotatable bonds is 9. The van der Waals surface area contributed by atoms with Crippen LogP contribution >= 0.6 is 68.3 Å². The van der Waals surface area contributed by atoms with Crippen LogP contribution in [0.25, 0.3) is 11.8 Å². The number of hydrogen-bond acceptors (Lipinski definition) is 7. The predicted molar refractivity (Wildman–Crippen MR) is 202 cm³/mol. The second-order valence-corrected chi connectivity index (χ2v) is 14.7. The van der Waals surface area contributed by atoms with Crippen molar-refractivity contribution in [2.75, 3.05) is 12.9 Å². The highest BCUT2D eigenvalue weighted by Crippen LogP contribution is 2.36. The molecule has 0 N–H and O–H groups in total. The summed E-state index contributed by atoms with van der Waals surface area (Å²) in [4.78, 5) is 34.6. The number of fused-ring (bicyclic) bond motifs is 1. The molecule has 5 aromatic rings. The van der Waals surface area contributed by atoms with E-state index in [2.05, 4.69) is 45.2 Å². The average molecular weight is 889 g/mol. The highest BCUT2D eigenvalue weighted by Gasteiger charge is 2.35. The van der Waals surface area contributed by atoms with Crippen LogP contribution in [0.1, 0.15) is 35.2 Å². The summed E-state index contributed by atoms with van der Waals surface area (Å²) in [5.41, 5.74) is 3.08. The van der Waals surface area contributed by atoms with Crippen molar-refractivity contribution >= 4 is 86.0 Å². The standard InChI is InChI=1S/C36H27FI2N2O4S2/c1-3-44-35(43)30-31(21-9-5-4-6-10-21)40-36-41(32(30)22-13-15-26(46-2)16-14-22)34(42)29(47-36)18-24-17-25(38)19-28(39)33(24)45-20-23-11-7-8-12-27(23)37/h4-19,32H,3,20H2,1-2H3/b29-18-/t32-/m1/s1. The maximum atomic E-state index is 14.4. The fourth-order valence-electron chi connectivity index (χ4n) is 5.29. The van der Waals surface area contributed by atoms with Crippen molar-refractivity contribution in [1.82, 2.24) is 4.57 Å². The van der Waals surface area contributed by atoms with E-state index < -0.39 is 12.0 Å². The number of esters is 1. The summed E-state index contributed by atoms with van der Waals surface area (Å²) in [5.74, 6) is -0.333. The van der Waals surface area contributed by atoms with Crippen LogP contribution in [0.4, 0.5) is 4.39 Å². The zero-order valence-corrected chi connectivity index (χ0v) is 31.2. The molecule has 47 heavy (non-hydrogen) atoms. The minimum Gasteiger partial charge on any atom is -0.487 e. The third kappa shape index (κ3) is 7.13. The Bertz CT molecular complexity index is 2180. The summed E-state index contributed by atoms with van der Waals surface area (Å²) in [6, 6.07) is 26.9. The molecule has 0 radical (unpaired) electrons. The minimum absolute atomic E-state index is 0.0285. The molecular weight excluding hydrogens is 861 g/mol. The van der Waals surface area contributed by atoms with Gasteiger partial charge in [-0.15, -0.1) is 11.8 Å². The van der Waals surface area contributed by atoms with E-state index in [1.165, 1.54) is 17.4 Å². The number of aromatic nitrogens is 1. The van der Waals surface area contributed by atoms with E-state index in [0.29, 0.717) is 37.5 Å². The summed E-state index contributed by atoms with van der Waals surface area (Å²) >= 11 is 7.27. The fraction of sp³-hybridized carbons (Fsp3) is 0.139. The van der Waals surface area contributed by atoms with Crippen molar-refractivity contribution in [3.8, 4) is 5.75 Å². The SMILES string of the molecule is CCOC(=O)C1=C(c2ccccc2)N=c2s/c(=C\c3cc(I)cc(I)c3OCc3ccccc3F)c(=O)n2[C@@H]1c1ccc(SC)cc1. The molecule has 0 saturated carbocycles. The molecule has 6 nitrogen and oxygen atoms in total. The second-order valence-electron chi connectivity index (χ2n) is 10.4. The lowest BCUT2D eigenvalue weighted by Crippen LogP contribution is -2.40. The molecule has 6 rings (SSSR count). The first-order valence-corrected chi connectivity index (χ1v) is 18.8. The van der Waals surface area contributed by atoms with Gasteiger partial charge in [-0.25, -0.2) is 14.2 Å². The van der Waals surface area contributed by atoms with Crippen molar-refractivity contribution in [3.05, 3.63) is 151 Å². The lowest BCUT2D eigenvalue weighted by Gasteiger charge is -2.26. The van der Waals surface area contributed by atoms with Crippen molar-refractivity contribution < 1.29 is 18.7 Å². The molecule has 0 fully saturated rings. The first-order valence-electron chi connectivity index (χ1n) is 14.6. The fourth-order valence-corrected chi connectivity index (χ4v) is 8.73. The summed E-state index contributed by atoms with van der Waals surface area (Å²) < 4.78 is 30.0. The number of ether oxygens (including phenoxy) is 2. The summed E-state index contributed by atoms with van der Waals surface area (Å²) in [5, 5.41) is 0. The highest BCUT2D eigenvalue weighted by molar-refractivity contribution is 14.1. The first-order chi connectivity index (χ1) is 22.8. The molecule has 0 bridgehead atoms. The van der Waals surface area contributed by atoms with Gasteiger partial charge in [0.2, 0.25) is 0 Å². The Labute approximate surface area is 306 Å². The predicted octanol–water partition coefficient (Wildman–Crippen LogP) is 7.58. The summed E-state index contributed by atoms with van der Waals surface area (Å²) in [6.45, 7) is 1.96. The van der Waals surface area contributed by atoms with Gasteiger partial charge in [0.25, 0.3) is 5.56 Å². The van der Waals surface area contributed by atoms with Gasteiger partial charge in [0.05, 0.1) is 32.0 Å². The van der Waals surface area contributed by atoms with Gasteiger partial charge in [-0.2, -0.15) is 0 Å². The maximum Gasteiger partial charge on any atom is 0.338 e. The largest absolute Gasteiger partial charge is 0.487 e. The number of nitrogens with zero attached hydrogens (tertiary/aromatic N) is 2. The molecule has 238 valence electrons. The molecule has 1 aliphatic heterocycles. The highest BCUT2D eigenvalue weighted by atomic mass is 127. The number of thiazole rings is 1. The molecule has 1 atom stereocenters. The third-order valence-corrected chi connectivity index (χ3v) is 10.6. The lowest BCUT2D eigenvalue weighted by molar-refractivity contribution is -0.138. The molecule has 0 saturated heterocycles. The van der Waals surface area contributed by atoms with E-state index in [4.69, 9.17) is 14.5 Å². The van der Waals surface area contributed by atoms with Gasteiger partial charge in [-0.3, -0.25) is 9.36 Å². The lowest BCUT2D eigenvalue weighted by atomic mass is 9.93. The number of benzene rings is 4.